The largest absolute Gasteiger partial charge is 0.480 e. The van der Waals surface area contributed by atoms with E-state index in [-0.39, 0.29) is 19.5 Å². The number of nitrogens with zero attached hydrogens (tertiary/aromatic N) is 1. The van der Waals surface area contributed by atoms with Crippen molar-refractivity contribution in [2.24, 2.45) is 5.41 Å². The lowest BCUT2D eigenvalue weighted by Gasteiger charge is -2.39. The number of nitrogens with two attached hydrogens (primary N) is 1. The van der Waals surface area contributed by atoms with Crippen LogP contribution in [0.1, 0.15) is 39.7 Å². The molecule has 1 aliphatic rings. The van der Waals surface area contributed by atoms with E-state index in [9.17, 15) is 19.8 Å². The summed E-state index contributed by atoms with van der Waals surface area (Å²) in [6.07, 6.45) is 0.209. The van der Waals surface area contributed by atoms with Crippen LogP contribution < -0.4 is 11.1 Å². The van der Waals surface area contributed by atoms with E-state index in [1.165, 1.54) is 0 Å². The first-order chi connectivity index (χ1) is 13.5. The molecule has 1 heterocycles. The van der Waals surface area contributed by atoms with E-state index in [1.807, 2.05) is 57.2 Å². The summed E-state index contributed by atoms with van der Waals surface area (Å²) in [7, 11) is 0. The quantitative estimate of drug-likeness (QED) is 0.571. The van der Waals surface area contributed by atoms with Gasteiger partial charge in [-0.15, -0.1) is 0 Å². The zero-order valence-corrected chi connectivity index (χ0v) is 17.3. The highest BCUT2D eigenvalue weighted by molar-refractivity contribution is 5.94. The number of aliphatic carboxylic acids is 2. The maximum atomic E-state index is 12.4. The van der Waals surface area contributed by atoms with Crippen molar-refractivity contribution in [1.82, 2.24) is 10.2 Å². The van der Waals surface area contributed by atoms with Gasteiger partial charge in [0.15, 0.2) is 5.66 Å². The fraction of sp³-hybridized carbons (Fsp3) is 0.455. The van der Waals surface area contributed by atoms with Crippen LogP contribution >= 0.6 is 0 Å². The van der Waals surface area contributed by atoms with Crippen molar-refractivity contribution in [3.05, 3.63) is 42.0 Å². The molecule has 2 aromatic carbocycles. The van der Waals surface area contributed by atoms with E-state index in [1.54, 1.807) is 11.8 Å². The fourth-order valence-electron chi connectivity index (χ4n) is 4.29. The maximum Gasteiger partial charge on any atom is 0.339 e. The number of rotatable bonds is 5. The lowest BCUT2D eigenvalue weighted by atomic mass is 9.73. The number of hydrogen-bond acceptors (Lipinski definition) is 5. The minimum absolute atomic E-state index is 0.0538. The molecule has 2 aromatic rings. The van der Waals surface area contributed by atoms with Crippen molar-refractivity contribution in [3.63, 3.8) is 0 Å². The second-order valence-corrected chi connectivity index (χ2v) is 8.82. The highest BCUT2D eigenvalue weighted by atomic mass is 16.4. The molecule has 0 saturated carbocycles. The molecule has 0 aliphatic carbocycles. The van der Waals surface area contributed by atoms with Crippen LogP contribution in [0.25, 0.3) is 10.8 Å². The molecular formula is C22H29N3O4. The van der Waals surface area contributed by atoms with Gasteiger partial charge < -0.3 is 15.9 Å². The van der Waals surface area contributed by atoms with E-state index in [2.05, 4.69) is 5.32 Å². The van der Waals surface area contributed by atoms with Crippen LogP contribution in [0.5, 0.6) is 0 Å². The van der Waals surface area contributed by atoms with Gasteiger partial charge in [-0.2, -0.15) is 0 Å². The van der Waals surface area contributed by atoms with Crippen molar-refractivity contribution in [2.45, 2.75) is 51.9 Å². The minimum Gasteiger partial charge on any atom is -0.480 e. The Hall–Kier alpha value is -2.64. The first-order valence-electron chi connectivity index (χ1n) is 9.76. The van der Waals surface area contributed by atoms with Gasteiger partial charge in [-0.25, -0.2) is 4.79 Å². The summed E-state index contributed by atoms with van der Waals surface area (Å²) in [6.45, 7) is 7.46. The number of hydrogen-bond donors (Lipinski definition) is 4. The summed E-state index contributed by atoms with van der Waals surface area (Å²) in [4.78, 5) is 26.4. The summed E-state index contributed by atoms with van der Waals surface area (Å²) in [5.41, 5.74) is 4.15. The van der Waals surface area contributed by atoms with Gasteiger partial charge in [-0.05, 0) is 22.8 Å². The van der Waals surface area contributed by atoms with Gasteiger partial charge in [0.25, 0.3) is 0 Å². The molecule has 0 radical (unpaired) electrons. The van der Waals surface area contributed by atoms with Crippen molar-refractivity contribution in [3.8, 4) is 0 Å². The van der Waals surface area contributed by atoms with Crippen molar-refractivity contribution >= 4 is 28.4 Å². The Labute approximate surface area is 170 Å². The molecule has 29 heavy (non-hydrogen) atoms. The number of carboxylic acids is 2. The van der Waals surface area contributed by atoms with E-state index in [0.29, 0.717) is 5.69 Å². The molecule has 0 amide bonds. The molecule has 1 fully saturated rings. The SMILES string of the molecule is CCC1(C(=O)O)NC(C(=O)O)(C(C)(C)C)CN1Cc1ccc2ccccc2c1N. The molecule has 5 N–H and O–H groups in total. The third-order valence-electron chi connectivity index (χ3n) is 6.32. The Morgan fingerprint density at radius 3 is 2.34 bits per heavy atom. The van der Waals surface area contributed by atoms with Gasteiger partial charge in [0.1, 0.15) is 5.54 Å². The Morgan fingerprint density at radius 1 is 1.14 bits per heavy atom. The highest BCUT2D eigenvalue weighted by Crippen LogP contribution is 2.42. The molecule has 0 aromatic heterocycles. The monoisotopic (exact) mass is 399 g/mol. The second kappa shape index (κ2) is 7.00. The average molecular weight is 399 g/mol. The summed E-state index contributed by atoms with van der Waals surface area (Å²) in [5.74, 6) is -2.15. The van der Waals surface area contributed by atoms with Crippen molar-refractivity contribution in [2.75, 3.05) is 12.3 Å². The van der Waals surface area contributed by atoms with Crippen LogP contribution in [0, 0.1) is 5.41 Å². The average Bonchev–Trinajstić information content (AvgIpc) is 3.01. The molecule has 1 aliphatic heterocycles. The molecule has 0 spiro atoms. The number of benzene rings is 2. The molecule has 2 unspecified atom stereocenters. The Kier molecular flexibility index (Phi) is 5.09. The van der Waals surface area contributed by atoms with E-state index < -0.39 is 28.6 Å². The fourth-order valence-corrected chi connectivity index (χ4v) is 4.29. The zero-order valence-electron chi connectivity index (χ0n) is 17.3. The van der Waals surface area contributed by atoms with Gasteiger partial charge in [-0.3, -0.25) is 15.0 Å². The van der Waals surface area contributed by atoms with Gasteiger partial charge in [0.2, 0.25) is 0 Å². The van der Waals surface area contributed by atoms with Crippen LogP contribution in [0.3, 0.4) is 0 Å². The maximum absolute atomic E-state index is 12.4. The number of anilines is 1. The Balaban J connectivity index is 2.10. The van der Waals surface area contributed by atoms with Gasteiger partial charge in [0, 0.05) is 24.2 Å². The van der Waals surface area contributed by atoms with Crippen LogP contribution in [0.2, 0.25) is 0 Å². The molecule has 7 nitrogen and oxygen atoms in total. The minimum atomic E-state index is -1.50. The molecule has 1 saturated heterocycles. The molecular weight excluding hydrogens is 370 g/mol. The standard InChI is InChI=1S/C22H29N3O4/c1-5-22(19(28)29)24-21(18(26)27,20(2,3)4)13-25(22)12-15-11-10-14-8-6-7-9-16(14)17(15)23/h6-11,24H,5,12-13,23H2,1-4H3,(H,26,27)(H,28,29). The Bertz CT molecular complexity index is 968. The predicted octanol–water partition coefficient (Wildman–Crippen LogP) is 2.89. The molecule has 3 rings (SSSR count). The van der Waals surface area contributed by atoms with Gasteiger partial charge >= 0.3 is 11.9 Å². The molecule has 7 heteroatoms. The normalized spacial score (nSPS) is 25.4. The van der Waals surface area contributed by atoms with E-state index in [0.717, 1.165) is 16.3 Å². The van der Waals surface area contributed by atoms with Crippen LogP contribution in [0.4, 0.5) is 5.69 Å². The van der Waals surface area contributed by atoms with Crippen LogP contribution in [-0.2, 0) is 16.1 Å². The molecule has 0 bridgehead atoms. The number of nitrogen functional groups attached to an aromatic ring is 1. The molecule has 156 valence electrons. The van der Waals surface area contributed by atoms with Gasteiger partial charge in [-0.1, -0.05) is 64.1 Å². The van der Waals surface area contributed by atoms with E-state index >= 15 is 0 Å². The number of carboxylic acid groups (broad SMARTS) is 2. The zero-order chi connectivity index (χ0) is 21.6. The number of nitrogens with one attached hydrogen (secondary N) is 1. The lowest BCUT2D eigenvalue weighted by molar-refractivity contribution is -0.153. The summed E-state index contributed by atoms with van der Waals surface area (Å²) in [5, 5.41) is 25.1. The lowest BCUT2D eigenvalue weighted by Crippen LogP contribution is -2.65. The third kappa shape index (κ3) is 3.14. The second-order valence-electron chi connectivity index (χ2n) is 8.82. The van der Waals surface area contributed by atoms with Gasteiger partial charge in [0.05, 0.1) is 0 Å². The first-order valence-corrected chi connectivity index (χ1v) is 9.76. The number of carbonyl (C=O) groups is 2. The highest BCUT2D eigenvalue weighted by Gasteiger charge is 2.63. The predicted molar refractivity (Wildman–Crippen MR) is 112 cm³/mol. The van der Waals surface area contributed by atoms with E-state index in [4.69, 9.17) is 5.73 Å². The number of fused-ring (bicyclic) bond motifs is 1. The summed E-state index contributed by atoms with van der Waals surface area (Å²) >= 11 is 0. The molecule has 2 atom stereocenters. The van der Waals surface area contributed by atoms with Crippen molar-refractivity contribution < 1.29 is 19.8 Å². The van der Waals surface area contributed by atoms with Crippen molar-refractivity contribution in [1.29, 1.82) is 0 Å². The third-order valence-corrected chi connectivity index (χ3v) is 6.32. The Morgan fingerprint density at radius 2 is 1.79 bits per heavy atom. The van der Waals surface area contributed by atoms with Crippen LogP contribution in [-0.4, -0.2) is 44.8 Å². The smallest absolute Gasteiger partial charge is 0.339 e. The van der Waals surface area contributed by atoms with Crippen LogP contribution in [0.15, 0.2) is 36.4 Å². The summed E-state index contributed by atoms with van der Waals surface area (Å²) in [6, 6.07) is 11.6. The summed E-state index contributed by atoms with van der Waals surface area (Å²) < 4.78 is 0. The topological polar surface area (TPSA) is 116 Å². The first kappa shape index (κ1) is 21.1.